The van der Waals surface area contributed by atoms with Crippen LogP contribution < -0.4 is 10.6 Å². The van der Waals surface area contributed by atoms with Crippen LogP contribution in [0.1, 0.15) is 11.1 Å². The zero-order valence-corrected chi connectivity index (χ0v) is 14.4. The summed E-state index contributed by atoms with van der Waals surface area (Å²) in [6.45, 7) is 0. The Morgan fingerprint density at radius 2 is 1.70 bits per heavy atom. The molecule has 0 fully saturated rings. The van der Waals surface area contributed by atoms with Gasteiger partial charge in [-0.05, 0) is 23.8 Å². The minimum Gasteiger partial charge on any atom is -0.504 e. The molecule has 2 amide bonds. The predicted octanol–water partition coefficient (Wildman–Crippen LogP) is 3.86. The quantitative estimate of drug-likeness (QED) is 0.670. The summed E-state index contributed by atoms with van der Waals surface area (Å²) in [4.78, 5) is 11.7. The highest BCUT2D eigenvalue weighted by atomic mass is 32.2. The van der Waals surface area contributed by atoms with Crippen molar-refractivity contribution >= 4 is 33.3 Å². The Balaban J connectivity index is 1.88. The number of phenolic OH excluding ortho intramolecular Hbond substituents is 1. The summed E-state index contributed by atoms with van der Waals surface area (Å²) in [5, 5.41) is 14.5. The van der Waals surface area contributed by atoms with Crippen molar-refractivity contribution in [3.05, 3.63) is 53.6 Å². The largest absolute Gasteiger partial charge is 0.504 e. The highest BCUT2D eigenvalue weighted by Gasteiger charge is 2.33. The van der Waals surface area contributed by atoms with Gasteiger partial charge in [-0.3, -0.25) is 0 Å². The SMILES string of the molecule is O=C(Nc1ccccc1C(F)(F)F)Nc1ccc2c(c1O)S(=O)(=O)CC=C2. The maximum absolute atomic E-state index is 13.0. The van der Waals surface area contributed by atoms with Crippen LogP contribution in [0.15, 0.2) is 47.4 Å². The Bertz CT molecular complexity index is 1050. The van der Waals surface area contributed by atoms with E-state index >= 15 is 0 Å². The summed E-state index contributed by atoms with van der Waals surface area (Å²) < 4.78 is 63.2. The third-order valence-corrected chi connectivity index (χ3v) is 5.50. The van der Waals surface area contributed by atoms with Crippen molar-refractivity contribution in [2.45, 2.75) is 11.1 Å². The number of alkyl halides is 3. The maximum atomic E-state index is 13.0. The van der Waals surface area contributed by atoms with Gasteiger partial charge < -0.3 is 15.7 Å². The van der Waals surface area contributed by atoms with E-state index in [1.165, 1.54) is 36.4 Å². The summed E-state index contributed by atoms with van der Waals surface area (Å²) in [7, 11) is -3.77. The number of hydrogen-bond acceptors (Lipinski definition) is 4. The van der Waals surface area contributed by atoms with Gasteiger partial charge in [-0.25, -0.2) is 13.2 Å². The Morgan fingerprint density at radius 3 is 2.41 bits per heavy atom. The molecule has 3 rings (SSSR count). The molecule has 1 aliphatic rings. The number of halogens is 3. The van der Waals surface area contributed by atoms with E-state index in [9.17, 15) is 31.5 Å². The van der Waals surface area contributed by atoms with Gasteiger partial charge in [0.25, 0.3) is 0 Å². The standard InChI is InChI=1S/C17H13F3N2O4S/c18-17(19,20)11-5-1-2-6-12(11)21-16(24)22-13-8-7-10-4-3-9-27(25,26)15(10)14(13)23/h1-8,23H,9H2,(H2,21,22,24). The first-order valence-corrected chi connectivity index (χ1v) is 9.24. The fourth-order valence-electron chi connectivity index (χ4n) is 2.65. The Labute approximate surface area is 152 Å². The molecular formula is C17H13F3N2O4S. The first-order chi connectivity index (χ1) is 12.6. The molecule has 0 atom stereocenters. The highest BCUT2D eigenvalue weighted by Crippen LogP contribution is 2.38. The fraction of sp³-hybridized carbons (Fsp3) is 0.118. The van der Waals surface area contributed by atoms with E-state index in [1.54, 1.807) is 0 Å². The zero-order chi connectivity index (χ0) is 19.8. The van der Waals surface area contributed by atoms with Gasteiger partial charge in [0.15, 0.2) is 15.6 Å². The van der Waals surface area contributed by atoms with Crippen LogP contribution in [-0.2, 0) is 16.0 Å². The molecular weight excluding hydrogens is 385 g/mol. The lowest BCUT2D eigenvalue weighted by molar-refractivity contribution is -0.136. The van der Waals surface area contributed by atoms with Crippen LogP contribution in [-0.4, -0.2) is 25.3 Å². The van der Waals surface area contributed by atoms with Gasteiger partial charge in [-0.15, -0.1) is 0 Å². The number of anilines is 2. The molecule has 0 bridgehead atoms. The van der Waals surface area contributed by atoms with Crippen molar-refractivity contribution < 1.29 is 31.5 Å². The molecule has 0 unspecified atom stereocenters. The predicted molar refractivity (Wildman–Crippen MR) is 93.3 cm³/mol. The minimum absolute atomic E-state index is 0.241. The lowest BCUT2D eigenvalue weighted by Crippen LogP contribution is -2.22. The number of carbonyl (C=O) groups excluding carboxylic acids is 1. The van der Waals surface area contributed by atoms with Crippen LogP contribution in [0, 0.1) is 0 Å². The molecule has 0 radical (unpaired) electrons. The lowest BCUT2D eigenvalue weighted by Gasteiger charge is -2.17. The third-order valence-electron chi connectivity index (χ3n) is 3.81. The number of phenols is 1. The fourth-order valence-corrected chi connectivity index (χ4v) is 4.06. The monoisotopic (exact) mass is 398 g/mol. The number of urea groups is 1. The number of hydrogen-bond donors (Lipinski definition) is 3. The average Bonchev–Trinajstić information content (AvgIpc) is 2.56. The number of nitrogens with one attached hydrogen (secondary N) is 2. The van der Waals surface area contributed by atoms with Gasteiger partial charge in [0.2, 0.25) is 0 Å². The van der Waals surface area contributed by atoms with E-state index in [-0.39, 0.29) is 21.9 Å². The Kier molecular flexibility index (Phi) is 4.60. The summed E-state index contributed by atoms with van der Waals surface area (Å²) in [6.07, 6.45) is -1.73. The van der Waals surface area contributed by atoms with Gasteiger partial charge in [0.05, 0.1) is 22.7 Å². The van der Waals surface area contributed by atoms with E-state index in [1.807, 2.05) is 5.32 Å². The second kappa shape index (κ2) is 6.62. The molecule has 3 N–H and O–H groups in total. The smallest absolute Gasteiger partial charge is 0.418 e. The number of carbonyl (C=O) groups is 1. The summed E-state index contributed by atoms with van der Waals surface area (Å²) in [5.74, 6) is -0.974. The Morgan fingerprint density at radius 1 is 1.04 bits per heavy atom. The molecule has 0 aliphatic carbocycles. The lowest BCUT2D eigenvalue weighted by atomic mass is 10.1. The van der Waals surface area contributed by atoms with E-state index in [2.05, 4.69) is 5.32 Å². The molecule has 1 aliphatic heterocycles. The molecule has 27 heavy (non-hydrogen) atoms. The molecule has 2 aromatic rings. The normalized spacial score (nSPS) is 15.1. The van der Waals surface area contributed by atoms with Crippen LogP contribution in [0.2, 0.25) is 0 Å². The summed E-state index contributed by atoms with van der Waals surface area (Å²) in [6, 6.07) is 5.95. The van der Waals surface area contributed by atoms with Crippen LogP contribution >= 0.6 is 0 Å². The van der Waals surface area contributed by atoms with Gasteiger partial charge in [-0.2, -0.15) is 13.2 Å². The van der Waals surface area contributed by atoms with Crippen LogP contribution in [0.4, 0.5) is 29.3 Å². The molecule has 10 heteroatoms. The number of amides is 2. The van der Waals surface area contributed by atoms with E-state index < -0.39 is 39.0 Å². The minimum atomic E-state index is -4.67. The Hall–Kier alpha value is -3.01. The summed E-state index contributed by atoms with van der Waals surface area (Å²) in [5.41, 5.74) is -1.50. The zero-order valence-electron chi connectivity index (χ0n) is 13.5. The molecule has 0 spiro atoms. The summed E-state index contributed by atoms with van der Waals surface area (Å²) >= 11 is 0. The van der Waals surface area contributed by atoms with Crippen LogP contribution in [0.3, 0.4) is 0 Å². The van der Waals surface area contributed by atoms with Gasteiger partial charge in [0.1, 0.15) is 4.90 Å². The van der Waals surface area contributed by atoms with Crippen molar-refractivity contribution in [3.8, 4) is 5.75 Å². The number of rotatable bonds is 2. The van der Waals surface area contributed by atoms with Crippen molar-refractivity contribution in [1.82, 2.24) is 0 Å². The molecule has 0 saturated carbocycles. The van der Waals surface area contributed by atoms with Crippen molar-refractivity contribution in [2.24, 2.45) is 0 Å². The second-order valence-corrected chi connectivity index (χ2v) is 7.66. The number of aromatic hydroxyl groups is 1. The average molecular weight is 398 g/mol. The van der Waals surface area contributed by atoms with Crippen LogP contribution in [0.25, 0.3) is 6.08 Å². The van der Waals surface area contributed by atoms with Gasteiger partial charge in [-0.1, -0.05) is 30.4 Å². The first-order valence-electron chi connectivity index (χ1n) is 7.59. The van der Waals surface area contributed by atoms with E-state index in [4.69, 9.17) is 0 Å². The number of benzene rings is 2. The number of fused-ring (bicyclic) bond motifs is 1. The van der Waals surface area contributed by atoms with E-state index in [0.29, 0.717) is 0 Å². The van der Waals surface area contributed by atoms with Gasteiger partial charge in [0, 0.05) is 0 Å². The third kappa shape index (κ3) is 3.75. The van der Waals surface area contributed by atoms with Crippen molar-refractivity contribution in [1.29, 1.82) is 0 Å². The number of sulfone groups is 1. The van der Waals surface area contributed by atoms with Crippen LogP contribution in [0.5, 0.6) is 5.75 Å². The molecule has 2 aromatic carbocycles. The maximum Gasteiger partial charge on any atom is 0.418 e. The molecule has 1 heterocycles. The molecule has 0 saturated heterocycles. The molecule has 0 aromatic heterocycles. The van der Waals surface area contributed by atoms with Crippen molar-refractivity contribution in [3.63, 3.8) is 0 Å². The second-order valence-electron chi connectivity index (χ2n) is 5.69. The molecule has 142 valence electrons. The topological polar surface area (TPSA) is 95.5 Å². The number of para-hydroxylation sites is 1. The molecule has 6 nitrogen and oxygen atoms in total. The first kappa shape index (κ1) is 18.8. The van der Waals surface area contributed by atoms with Crippen molar-refractivity contribution in [2.75, 3.05) is 16.4 Å². The highest BCUT2D eigenvalue weighted by molar-refractivity contribution is 7.91. The van der Waals surface area contributed by atoms with E-state index in [0.717, 1.165) is 12.1 Å². The van der Waals surface area contributed by atoms with Gasteiger partial charge >= 0.3 is 12.2 Å².